The zero-order chi connectivity index (χ0) is 20.3. The highest BCUT2D eigenvalue weighted by molar-refractivity contribution is 7.89. The molecule has 0 spiro atoms. The number of benzene rings is 2. The Balaban J connectivity index is 1.57. The van der Waals surface area contributed by atoms with Gasteiger partial charge in [0, 0.05) is 11.4 Å². The highest BCUT2D eigenvalue weighted by atomic mass is 32.2. The molecule has 4 N–H and O–H groups in total. The number of nitrogens with two attached hydrogens (primary N) is 1. The van der Waals surface area contributed by atoms with Crippen molar-refractivity contribution in [2.45, 2.75) is 24.8 Å². The van der Waals surface area contributed by atoms with Crippen LogP contribution in [0.15, 0.2) is 53.4 Å². The molecule has 0 bridgehead atoms. The molecule has 1 atom stereocenters. The lowest BCUT2D eigenvalue weighted by molar-refractivity contribution is -0.914. The number of sulfonamides is 1. The van der Waals surface area contributed by atoms with Gasteiger partial charge in [0.25, 0.3) is 5.91 Å². The maximum Gasteiger partial charge on any atom is 0.282 e. The molecule has 0 unspecified atom stereocenters. The summed E-state index contributed by atoms with van der Waals surface area (Å²) in [5.74, 6) is -0.0808. The Kier molecular flexibility index (Phi) is 6.02. The van der Waals surface area contributed by atoms with Crippen molar-refractivity contribution in [1.82, 2.24) is 0 Å². The molecule has 1 amide bonds. The zero-order valence-corrected chi connectivity index (χ0v) is 17.0. The summed E-state index contributed by atoms with van der Waals surface area (Å²) in [5, 5.41) is 7.95. The number of anilines is 2. The summed E-state index contributed by atoms with van der Waals surface area (Å²) in [5.41, 5.74) is 3.08. The van der Waals surface area contributed by atoms with Crippen molar-refractivity contribution in [3.8, 4) is 0 Å². The Bertz CT molecular complexity index is 936. The zero-order valence-electron chi connectivity index (χ0n) is 16.2. The molecule has 1 aliphatic heterocycles. The maximum atomic E-state index is 12.6. The summed E-state index contributed by atoms with van der Waals surface area (Å²) in [6.45, 7) is 7.61. The first-order valence-corrected chi connectivity index (χ1v) is 10.9. The van der Waals surface area contributed by atoms with Crippen LogP contribution in [0.3, 0.4) is 0 Å². The fourth-order valence-electron chi connectivity index (χ4n) is 3.55. The molecule has 3 rings (SSSR count). The fraction of sp³-hybridized carbons (Fsp3) is 0.350. The van der Waals surface area contributed by atoms with Gasteiger partial charge in [-0.3, -0.25) is 4.79 Å². The summed E-state index contributed by atoms with van der Waals surface area (Å²) in [4.78, 5) is 16.2. The van der Waals surface area contributed by atoms with Gasteiger partial charge in [0.05, 0.1) is 31.1 Å². The first-order valence-electron chi connectivity index (χ1n) is 9.34. The van der Waals surface area contributed by atoms with E-state index in [-0.39, 0.29) is 16.8 Å². The number of nitrogens with zero attached hydrogens (tertiary/aromatic N) is 1. The lowest BCUT2D eigenvalue weighted by Gasteiger charge is -2.36. The third-order valence-corrected chi connectivity index (χ3v) is 6.25. The highest BCUT2D eigenvalue weighted by Crippen LogP contribution is 2.19. The van der Waals surface area contributed by atoms with Crippen LogP contribution >= 0.6 is 0 Å². The van der Waals surface area contributed by atoms with Gasteiger partial charge in [0.2, 0.25) is 10.0 Å². The van der Waals surface area contributed by atoms with E-state index in [0.29, 0.717) is 5.69 Å². The number of carbonyl (C=O) groups excluding carboxylic acids is 1. The number of amides is 1. The van der Waals surface area contributed by atoms with Crippen LogP contribution in [-0.4, -0.2) is 46.5 Å². The van der Waals surface area contributed by atoms with Crippen molar-refractivity contribution >= 4 is 27.3 Å². The van der Waals surface area contributed by atoms with Crippen LogP contribution in [0.1, 0.15) is 12.5 Å². The molecule has 7 nitrogen and oxygen atoms in total. The standard InChI is InChI=1S/C20H26N4O3S/c1-15-5-3-4-6-19(15)24-13-11-23(12-14-24)16(2)20(25)22-17-7-9-18(10-8-17)28(21,26)27/h3-10,16H,11-14H2,1-2H3,(H,22,25)(H2,21,26,27)/p+1/t16-/m0/s1. The molecule has 1 fully saturated rings. The minimum absolute atomic E-state index is 0.0245. The first-order chi connectivity index (χ1) is 13.3. The van der Waals surface area contributed by atoms with Crippen LogP contribution in [-0.2, 0) is 14.8 Å². The van der Waals surface area contributed by atoms with E-state index in [9.17, 15) is 13.2 Å². The number of carbonyl (C=O) groups is 1. The van der Waals surface area contributed by atoms with Crippen molar-refractivity contribution in [3.05, 3.63) is 54.1 Å². The second-order valence-electron chi connectivity index (χ2n) is 7.21. The predicted molar refractivity (Wildman–Crippen MR) is 110 cm³/mol. The van der Waals surface area contributed by atoms with Gasteiger partial charge in [-0.05, 0) is 49.7 Å². The van der Waals surface area contributed by atoms with Crippen LogP contribution in [0, 0.1) is 6.92 Å². The van der Waals surface area contributed by atoms with Gasteiger partial charge in [0.1, 0.15) is 0 Å². The second kappa shape index (κ2) is 8.30. The number of para-hydroxylation sites is 1. The van der Waals surface area contributed by atoms with Crippen molar-refractivity contribution < 1.29 is 18.1 Å². The lowest BCUT2D eigenvalue weighted by atomic mass is 10.1. The van der Waals surface area contributed by atoms with Crippen LogP contribution in [0.2, 0.25) is 0 Å². The number of nitrogens with one attached hydrogen (secondary N) is 2. The number of aryl methyl sites for hydroxylation is 1. The number of hydrogen-bond acceptors (Lipinski definition) is 4. The smallest absolute Gasteiger partial charge is 0.282 e. The van der Waals surface area contributed by atoms with E-state index < -0.39 is 10.0 Å². The molecule has 150 valence electrons. The Morgan fingerprint density at radius 3 is 2.29 bits per heavy atom. The first kappa shape index (κ1) is 20.3. The average molecular weight is 404 g/mol. The summed E-state index contributed by atoms with van der Waals surface area (Å²) in [6.07, 6.45) is 0. The molecule has 2 aromatic carbocycles. The van der Waals surface area contributed by atoms with Crippen molar-refractivity contribution in [1.29, 1.82) is 0 Å². The number of primary sulfonamides is 1. The molecule has 28 heavy (non-hydrogen) atoms. The Morgan fingerprint density at radius 1 is 1.11 bits per heavy atom. The normalized spacial score (nSPS) is 16.6. The van der Waals surface area contributed by atoms with Gasteiger partial charge >= 0.3 is 0 Å². The lowest BCUT2D eigenvalue weighted by Crippen LogP contribution is -3.19. The van der Waals surface area contributed by atoms with Gasteiger partial charge < -0.3 is 15.1 Å². The molecule has 1 heterocycles. The number of hydrogen-bond donors (Lipinski definition) is 3. The maximum absolute atomic E-state index is 12.6. The van der Waals surface area contributed by atoms with Gasteiger partial charge in [-0.2, -0.15) is 0 Å². The van der Waals surface area contributed by atoms with E-state index in [1.807, 2.05) is 13.0 Å². The van der Waals surface area contributed by atoms with E-state index in [1.54, 1.807) is 12.1 Å². The SMILES string of the molecule is Cc1ccccc1N1CC[NH+]([C@@H](C)C(=O)Nc2ccc(S(N)(=O)=O)cc2)CC1. The monoisotopic (exact) mass is 403 g/mol. The molecular weight excluding hydrogens is 376 g/mol. The summed E-state index contributed by atoms with van der Waals surface area (Å²) < 4.78 is 22.6. The Hall–Kier alpha value is -2.42. The minimum Gasteiger partial charge on any atom is -0.360 e. The van der Waals surface area contributed by atoms with E-state index in [1.165, 1.54) is 28.3 Å². The number of rotatable bonds is 5. The summed E-state index contributed by atoms with van der Waals surface area (Å²) in [6, 6.07) is 14.0. The molecule has 1 aliphatic rings. The number of piperazine rings is 1. The molecular formula is C20H27N4O3S+. The van der Waals surface area contributed by atoms with Gasteiger partial charge in [-0.1, -0.05) is 18.2 Å². The highest BCUT2D eigenvalue weighted by Gasteiger charge is 2.29. The van der Waals surface area contributed by atoms with E-state index in [4.69, 9.17) is 5.14 Å². The van der Waals surface area contributed by atoms with Gasteiger partial charge in [-0.15, -0.1) is 0 Å². The number of quaternary nitrogens is 1. The fourth-order valence-corrected chi connectivity index (χ4v) is 4.07. The quantitative estimate of drug-likeness (QED) is 0.672. The van der Waals surface area contributed by atoms with Crippen LogP contribution < -0.4 is 20.3 Å². The van der Waals surface area contributed by atoms with E-state index >= 15 is 0 Å². The minimum atomic E-state index is -3.73. The predicted octanol–water partition coefficient (Wildman–Crippen LogP) is 0.375. The van der Waals surface area contributed by atoms with Crippen molar-refractivity contribution in [2.24, 2.45) is 5.14 Å². The molecule has 0 aliphatic carbocycles. The molecule has 0 saturated carbocycles. The average Bonchev–Trinajstić information content (AvgIpc) is 2.67. The van der Waals surface area contributed by atoms with E-state index in [2.05, 4.69) is 35.3 Å². The largest absolute Gasteiger partial charge is 0.360 e. The molecule has 8 heteroatoms. The second-order valence-corrected chi connectivity index (χ2v) is 8.77. The van der Waals surface area contributed by atoms with Crippen molar-refractivity contribution in [2.75, 3.05) is 36.4 Å². The Labute approximate surface area is 166 Å². The summed E-state index contributed by atoms with van der Waals surface area (Å²) in [7, 11) is -3.73. The molecule has 2 aromatic rings. The van der Waals surface area contributed by atoms with Gasteiger partial charge in [-0.25, -0.2) is 13.6 Å². The van der Waals surface area contributed by atoms with Crippen molar-refractivity contribution in [3.63, 3.8) is 0 Å². The summed E-state index contributed by atoms with van der Waals surface area (Å²) >= 11 is 0. The topological polar surface area (TPSA) is 96.9 Å². The Morgan fingerprint density at radius 2 is 1.71 bits per heavy atom. The molecule has 0 aromatic heterocycles. The van der Waals surface area contributed by atoms with E-state index in [0.717, 1.165) is 26.2 Å². The molecule has 0 radical (unpaired) electrons. The van der Waals surface area contributed by atoms with Crippen LogP contribution in [0.4, 0.5) is 11.4 Å². The molecule has 1 saturated heterocycles. The third kappa shape index (κ3) is 4.70. The third-order valence-electron chi connectivity index (χ3n) is 5.32. The van der Waals surface area contributed by atoms with Crippen LogP contribution in [0.25, 0.3) is 0 Å². The van der Waals surface area contributed by atoms with Crippen LogP contribution in [0.5, 0.6) is 0 Å². The van der Waals surface area contributed by atoms with Gasteiger partial charge in [0.15, 0.2) is 6.04 Å².